The SMILES string of the molecule is CCCCCCCC[C@H]1CCC2CC(CCCCC(=O)O)C[C@@H]21. The summed E-state index contributed by atoms with van der Waals surface area (Å²) in [6, 6.07) is 0. The van der Waals surface area contributed by atoms with Gasteiger partial charge in [-0.05, 0) is 55.8 Å². The van der Waals surface area contributed by atoms with Crippen molar-refractivity contribution in [2.45, 2.75) is 103 Å². The van der Waals surface area contributed by atoms with Crippen molar-refractivity contribution in [3.63, 3.8) is 0 Å². The fraction of sp³-hybridized carbons (Fsp3) is 0.952. The first-order valence-corrected chi connectivity index (χ1v) is 10.4. The van der Waals surface area contributed by atoms with E-state index >= 15 is 0 Å². The molecule has 0 amide bonds. The second kappa shape index (κ2) is 10.4. The number of hydrogen-bond donors (Lipinski definition) is 1. The number of fused-ring (bicyclic) bond motifs is 1. The van der Waals surface area contributed by atoms with Crippen LogP contribution in [-0.4, -0.2) is 11.1 Å². The van der Waals surface area contributed by atoms with Gasteiger partial charge in [0.25, 0.3) is 0 Å². The minimum absolute atomic E-state index is 0.361. The molecule has 2 aliphatic rings. The zero-order valence-electron chi connectivity index (χ0n) is 15.3. The van der Waals surface area contributed by atoms with Crippen LogP contribution in [0.1, 0.15) is 103 Å². The topological polar surface area (TPSA) is 37.3 Å². The molecule has 0 radical (unpaired) electrons. The van der Waals surface area contributed by atoms with E-state index in [9.17, 15) is 4.79 Å². The number of carboxylic acid groups (broad SMARTS) is 1. The lowest BCUT2D eigenvalue weighted by Gasteiger charge is -2.19. The Morgan fingerprint density at radius 1 is 0.913 bits per heavy atom. The molecule has 0 aromatic carbocycles. The molecule has 134 valence electrons. The summed E-state index contributed by atoms with van der Waals surface area (Å²) in [6.45, 7) is 2.29. The normalized spacial score (nSPS) is 29.8. The van der Waals surface area contributed by atoms with Gasteiger partial charge < -0.3 is 5.11 Å². The van der Waals surface area contributed by atoms with Crippen LogP contribution in [0.2, 0.25) is 0 Å². The van der Waals surface area contributed by atoms with E-state index < -0.39 is 5.97 Å². The lowest BCUT2D eigenvalue weighted by molar-refractivity contribution is -0.137. The maximum atomic E-state index is 10.6. The van der Waals surface area contributed by atoms with Gasteiger partial charge in [0.05, 0.1) is 0 Å². The first kappa shape index (κ1) is 18.8. The lowest BCUT2D eigenvalue weighted by atomic mass is 9.86. The summed E-state index contributed by atoms with van der Waals surface area (Å²) in [6.07, 6.45) is 19.6. The van der Waals surface area contributed by atoms with Crippen LogP contribution in [0.4, 0.5) is 0 Å². The molecule has 2 heteroatoms. The number of carboxylic acids is 1. The highest BCUT2D eigenvalue weighted by Gasteiger charge is 2.42. The van der Waals surface area contributed by atoms with Crippen LogP contribution in [0.15, 0.2) is 0 Å². The van der Waals surface area contributed by atoms with E-state index in [2.05, 4.69) is 6.92 Å². The summed E-state index contributed by atoms with van der Waals surface area (Å²) in [5, 5.41) is 8.72. The summed E-state index contributed by atoms with van der Waals surface area (Å²) in [7, 11) is 0. The Kier molecular flexibility index (Phi) is 8.47. The third-order valence-electron chi connectivity index (χ3n) is 6.54. The van der Waals surface area contributed by atoms with Gasteiger partial charge in [-0.1, -0.05) is 64.7 Å². The van der Waals surface area contributed by atoms with Gasteiger partial charge >= 0.3 is 5.97 Å². The highest BCUT2D eigenvalue weighted by Crippen LogP contribution is 2.52. The highest BCUT2D eigenvalue weighted by atomic mass is 16.4. The van der Waals surface area contributed by atoms with E-state index in [4.69, 9.17) is 5.11 Å². The average Bonchev–Trinajstić information content (AvgIpc) is 3.08. The van der Waals surface area contributed by atoms with Gasteiger partial charge in [0, 0.05) is 6.42 Å². The predicted octanol–water partition coefficient (Wildman–Crippen LogP) is 6.43. The third-order valence-corrected chi connectivity index (χ3v) is 6.54. The lowest BCUT2D eigenvalue weighted by Crippen LogP contribution is -2.09. The second-order valence-electron chi connectivity index (χ2n) is 8.29. The van der Waals surface area contributed by atoms with Crippen LogP contribution < -0.4 is 0 Å². The van der Waals surface area contributed by atoms with Crippen LogP contribution in [0.5, 0.6) is 0 Å². The van der Waals surface area contributed by atoms with Crippen molar-refractivity contribution in [1.29, 1.82) is 0 Å². The van der Waals surface area contributed by atoms with Crippen molar-refractivity contribution >= 4 is 5.97 Å². The first-order valence-electron chi connectivity index (χ1n) is 10.4. The fourth-order valence-electron chi connectivity index (χ4n) is 5.32. The van der Waals surface area contributed by atoms with Gasteiger partial charge in [-0.15, -0.1) is 0 Å². The number of rotatable bonds is 12. The van der Waals surface area contributed by atoms with E-state index in [1.54, 1.807) is 0 Å². The fourth-order valence-corrected chi connectivity index (χ4v) is 5.32. The molecule has 2 nitrogen and oxygen atoms in total. The van der Waals surface area contributed by atoms with Crippen LogP contribution in [0.3, 0.4) is 0 Å². The standard InChI is InChI=1S/C21H38O2/c1-2-3-4-5-6-7-11-18-13-14-19-15-17(16-20(18)19)10-8-9-12-21(22)23/h17-20H,2-16H2,1H3,(H,22,23)/t17?,18-,19?,20+/m0/s1. The van der Waals surface area contributed by atoms with E-state index in [-0.39, 0.29) is 0 Å². The molecule has 0 bridgehead atoms. The Bertz CT molecular complexity index is 339. The second-order valence-corrected chi connectivity index (χ2v) is 8.29. The van der Waals surface area contributed by atoms with Crippen LogP contribution in [0.25, 0.3) is 0 Å². The Morgan fingerprint density at radius 3 is 2.43 bits per heavy atom. The molecular weight excluding hydrogens is 284 g/mol. The zero-order valence-corrected chi connectivity index (χ0v) is 15.3. The summed E-state index contributed by atoms with van der Waals surface area (Å²) < 4.78 is 0. The maximum absolute atomic E-state index is 10.6. The van der Waals surface area contributed by atoms with E-state index in [0.29, 0.717) is 6.42 Å². The van der Waals surface area contributed by atoms with Crippen molar-refractivity contribution in [2.24, 2.45) is 23.7 Å². The monoisotopic (exact) mass is 322 g/mol. The summed E-state index contributed by atoms with van der Waals surface area (Å²) >= 11 is 0. The molecule has 23 heavy (non-hydrogen) atoms. The van der Waals surface area contributed by atoms with Gasteiger partial charge in [0.1, 0.15) is 0 Å². The van der Waals surface area contributed by atoms with Crippen LogP contribution in [0, 0.1) is 23.7 Å². The van der Waals surface area contributed by atoms with Crippen LogP contribution >= 0.6 is 0 Å². The van der Waals surface area contributed by atoms with Gasteiger partial charge in [0.2, 0.25) is 0 Å². The van der Waals surface area contributed by atoms with Gasteiger partial charge in [-0.2, -0.15) is 0 Å². The van der Waals surface area contributed by atoms with Gasteiger partial charge in [0.15, 0.2) is 0 Å². The van der Waals surface area contributed by atoms with E-state index in [0.717, 1.165) is 36.5 Å². The molecule has 0 aliphatic heterocycles. The number of hydrogen-bond acceptors (Lipinski definition) is 1. The summed E-state index contributed by atoms with van der Waals surface area (Å²) in [5.74, 6) is 3.34. The molecule has 2 aliphatic carbocycles. The van der Waals surface area contributed by atoms with Crippen molar-refractivity contribution in [2.75, 3.05) is 0 Å². The van der Waals surface area contributed by atoms with Crippen molar-refractivity contribution < 1.29 is 9.90 Å². The number of aliphatic carboxylic acids is 1. The minimum atomic E-state index is -0.632. The molecule has 0 aromatic rings. The minimum Gasteiger partial charge on any atom is -0.481 e. The molecule has 2 unspecified atom stereocenters. The Morgan fingerprint density at radius 2 is 1.65 bits per heavy atom. The Labute approximate surface area is 143 Å². The van der Waals surface area contributed by atoms with Gasteiger partial charge in [-0.3, -0.25) is 4.79 Å². The average molecular weight is 323 g/mol. The molecule has 2 rings (SSSR count). The molecule has 2 saturated carbocycles. The number of carbonyl (C=O) groups is 1. The molecule has 2 fully saturated rings. The maximum Gasteiger partial charge on any atom is 0.303 e. The van der Waals surface area contributed by atoms with Gasteiger partial charge in [-0.25, -0.2) is 0 Å². The highest BCUT2D eigenvalue weighted by molar-refractivity contribution is 5.66. The Balaban J connectivity index is 1.57. The van der Waals surface area contributed by atoms with Crippen molar-refractivity contribution in [3.8, 4) is 0 Å². The first-order chi connectivity index (χ1) is 11.2. The van der Waals surface area contributed by atoms with E-state index in [1.807, 2.05) is 0 Å². The quantitative estimate of drug-likeness (QED) is 0.420. The van der Waals surface area contributed by atoms with Crippen molar-refractivity contribution in [3.05, 3.63) is 0 Å². The molecule has 0 heterocycles. The van der Waals surface area contributed by atoms with Crippen molar-refractivity contribution in [1.82, 2.24) is 0 Å². The zero-order chi connectivity index (χ0) is 16.5. The summed E-state index contributed by atoms with van der Waals surface area (Å²) in [5.41, 5.74) is 0. The number of unbranched alkanes of at least 4 members (excludes halogenated alkanes) is 6. The predicted molar refractivity (Wildman–Crippen MR) is 96.5 cm³/mol. The molecule has 1 N–H and O–H groups in total. The van der Waals surface area contributed by atoms with Crippen LogP contribution in [-0.2, 0) is 4.79 Å². The summed E-state index contributed by atoms with van der Waals surface area (Å²) in [4.78, 5) is 10.6. The third kappa shape index (κ3) is 6.47. The molecular formula is C21H38O2. The molecule has 0 aromatic heterocycles. The molecule has 0 spiro atoms. The smallest absolute Gasteiger partial charge is 0.303 e. The Hall–Kier alpha value is -0.530. The molecule has 0 saturated heterocycles. The molecule has 4 atom stereocenters. The van der Waals surface area contributed by atoms with E-state index in [1.165, 1.54) is 77.0 Å². The largest absolute Gasteiger partial charge is 0.481 e.